The maximum absolute atomic E-state index is 4.40. The average molecular weight is 180 g/mol. The van der Waals surface area contributed by atoms with Crippen LogP contribution < -0.4 is 5.32 Å². The van der Waals surface area contributed by atoms with Crippen LogP contribution in [0.4, 0.5) is 0 Å². The van der Waals surface area contributed by atoms with Crippen LogP contribution in [0.15, 0.2) is 16.8 Å². The Morgan fingerprint density at radius 3 is 3.08 bits per heavy atom. The van der Waals surface area contributed by atoms with Crippen molar-refractivity contribution in [1.82, 2.24) is 5.32 Å². The van der Waals surface area contributed by atoms with Crippen molar-refractivity contribution in [2.75, 3.05) is 13.1 Å². The smallest absolute Gasteiger partial charge is 0.0396 e. The van der Waals surface area contributed by atoms with Gasteiger partial charge in [-0.05, 0) is 32.3 Å². The zero-order valence-corrected chi connectivity index (χ0v) is 8.77. The van der Waals surface area contributed by atoms with E-state index >= 15 is 0 Å². The summed E-state index contributed by atoms with van der Waals surface area (Å²) in [6.07, 6.45) is 7.07. The largest absolute Gasteiger partial charge is 0.389 e. The van der Waals surface area contributed by atoms with Crippen LogP contribution in [0, 0.1) is 0 Å². The second kappa shape index (κ2) is 5.79. The van der Waals surface area contributed by atoms with Crippen molar-refractivity contribution in [3.8, 4) is 0 Å². The van der Waals surface area contributed by atoms with Gasteiger partial charge in [0.1, 0.15) is 0 Å². The lowest BCUT2D eigenvalue weighted by molar-refractivity contribution is 0.711. The summed E-state index contributed by atoms with van der Waals surface area (Å²) in [7, 11) is 0. The van der Waals surface area contributed by atoms with Gasteiger partial charge in [0, 0.05) is 24.5 Å². The van der Waals surface area contributed by atoms with Gasteiger partial charge in [0.05, 0.1) is 0 Å². The Balaban J connectivity index is 2.24. The van der Waals surface area contributed by atoms with Crippen LogP contribution in [0.3, 0.4) is 0 Å². The maximum atomic E-state index is 4.40. The lowest BCUT2D eigenvalue weighted by Crippen LogP contribution is -2.13. The molecule has 13 heavy (non-hydrogen) atoms. The lowest BCUT2D eigenvalue weighted by atomic mass is 10.2. The topological polar surface area (TPSA) is 24.4 Å². The van der Waals surface area contributed by atoms with Crippen LogP contribution in [0.1, 0.15) is 39.5 Å². The molecular formula is C11H20N2. The molecule has 2 nitrogen and oxygen atoms in total. The number of rotatable bonds is 5. The zero-order chi connectivity index (χ0) is 9.52. The van der Waals surface area contributed by atoms with Gasteiger partial charge in [0.25, 0.3) is 0 Å². The number of aliphatic imine (C=N–C) groups is 1. The molecule has 1 heterocycles. The Labute approximate surface area is 81.1 Å². The molecule has 1 aliphatic rings. The van der Waals surface area contributed by atoms with Gasteiger partial charge in [0.15, 0.2) is 0 Å². The van der Waals surface area contributed by atoms with E-state index < -0.39 is 0 Å². The fraction of sp³-hybridized carbons (Fsp3) is 0.727. The summed E-state index contributed by atoms with van der Waals surface area (Å²) in [5, 5.41) is 3.39. The van der Waals surface area contributed by atoms with Gasteiger partial charge in [-0.25, -0.2) is 0 Å². The second-order valence-corrected chi connectivity index (χ2v) is 3.58. The molecule has 0 fully saturated rings. The van der Waals surface area contributed by atoms with Crippen molar-refractivity contribution >= 4 is 5.71 Å². The molecule has 0 aliphatic carbocycles. The Kier molecular flexibility index (Phi) is 4.58. The van der Waals surface area contributed by atoms with Crippen molar-refractivity contribution in [1.29, 1.82) is 0 Å². The Hall–Kier alpha value is -0.790. The van der Waals surface area contributed by atoms with Gasteiger partial charge < -0.3 is 5.32 Å². The summed E-state index contributed by atoms with van der Waals surface area (Å²) < 4.78 is 0. The third-order valence-electron chi connectivity index (χ3n) is 2.22. The van der Waals surface area contributed by atoms with Crippen molar-refractivity contribution < 1.29 is 0 Å². The van der Waals surface area contributed by atoms with E-state index in [1.807, 2.05) is 0 Å². The summed E-state index contributed by atoms with van der Waals surface area (Å²) in [5.41, 5.74) is 2.52. The zero-order valence-electron chi connectivity index (χ0n) is 8.77. The third-order valence-corrected chi connectivity index (χ3v) is 2.22. The number of nitrogens with zero attached hydrogens (tertiary/aromatic N) is 1. The molecule has 74 valence electrons. The van der Waals surface area contributed by atoms with E-state index in [0.717, 1.165) is 19.5 Å². The van der Waals surface area contributed by atoms with Crippen LogP contribution in [0.5, 0.6) is 0 Å². The minimum atomic E-state index is 1.02. The number of hydrogen-bond acceptors (Lipinski definition) is 2. The third kappa shape index (κ3) is 4.11. The summed E-state index contributed by atoms with van der Waals surface area (Å²) >= 11 is 0. The first-order valence-corrected chi connectivity index (χ1v) is 5.28. The van der Waals surface area contributed by atoms with Crippen molar-refractivity contribution in [2.24, 2.45) is 4.99 Å². The quantitative estimate of drug-likeness (QED) is 0.646. The molecule has 2 heteroatoms. The van der Waals surface area contributed by atoms with Gasteiger partial charge in [-0.3, -0.25) is 4.99 Å². The molecule has 0 spiro atoms. The molecule has 0 atom stereocenters. The fourth-order valence-corrected chi connectivity index (χ4v) is 1.44. The monoisotopic (exact) mass is 180 g/mol. The number of hydrogen-bond donors (Lipinski definition) is 1. The van der Waals surface area contributed by atoms with E-state index in [1.54, 1.807) is 0 Å². The standard InChI is InChI=1S/C11H20N2/c1-3-4-7-12-10(2)9-11-6-5-8-13-11/h9,12H,3-8H2,1-2H3/b10-9-. The first-order valence-electron chi connectivity index (χ1n) is 5.28. The molecule has 0 radical (unpaired) electrons. The van der Waals surface area contributed by atoms with Gasteiger partial charge in [0.2, 0.25) is 0 Å². The highest BCUT2D eigenvalue weighted by Crippen LogP contribution is 2.06. The molecule has 0 aromatic heterocycles. The van der Waals surface area contributed by atoms with E-state index in [-0.39, 0.29) is 0 Å². The first-order chi connectivity index (χ1) is 6.33. The Morgan fingerprint density at radius 1 is 1.62 bits per heavy atom. The highest BCUT2D eigenvalue weighted by molar-refractivity contribution is 5.96. The molecule has 0 aromatic rings. The van der Waals surface area contributed by atoms with Crippen LogP contribution in [-0.2, 0) is 0 Å². The number of nitrogens with one attached hydrogen (secondary N) is 1. The molecule has 0 saturated carbocycles. The molecule has 1 N–H and O–H groups in total. The summed E-state index contributed by atoms with van der Waals surface area (Å²) in [5.74, 6) is 0. The fourth-order valence-electron chi connectivity index (χ4n) is 1.44. The van der Waals surface area contributed by atoms with E-state index in [0.29, 0.717) is 0 Å². The lowest BCUT2D eigenvalue weighted by Gasteiger charge is -2.04. The maximum Gasteiger partial charge on any atom is 0.0396 e. The molecule has 0 aromatic carbocycles. The minimum Gasteiger partial charge on any atom is -0.389 e. The number of unbranched alkanes of at least 4 members (excludes halogenated alkanes) is 1. The van der Waals surface area contributed by atoms with E-state index in [2.05, 4.69) is 30.2 Å². The molecular weight excluding hydrogens is 160 g/mol. The normalized spacial score (nSPS) is 17.4. The first kappa shape index (κ1) is 10.3. The van der Waals surface area contributed by atoms with Crippen LogP contribution in [0.2, 0.25) is 0 Å². The van der Waals surface area contributed by atoms with Crippen LogP contribution in [0.25, 0.3) is 0 Å². The van der Waals surface area contributed by atoms with Crippen molar-refractivity contribution in [2.45, 2.75) is 39.5 Å². The van der Waals surface area contributed by atoms with Gasteiger partial charge in [-0.2, -0.15) is 0 Å². The predicted molar refractivity (Wildman–Crippen MR) is 58.2 cm³/mol. The molecule has 1 rings (SSSR count). The highest BCUT2D eigenvalue weighted by Gasteiger charge is 2.02. The van der Waals surface area contributed by atoms with E-state index in [4.69, 9.17) is 0 Å². The Bertz CT molecular complexity index is 204. The van der Waals surface area contributed by atoms with Crippen LogP contribution in [-0.4, -0.2) is 18.8 Å². The Morgan fingerprint density at radius 2 is 2.46 bits per heavy atom. The predicted octanol–water partition coefficient (Wildman–Crippen LogP) is 2.51. The second-order valence-electron chi connectivity index (χ2n) is 3.58. The SMILES string of the molecule is CCCCN/C(C)=C\C1=NCCC1. The van der Waals surface area contributed by atoms with Crippen molar-refractivity contribution in [3.63, 3.8) is 0 Å². The van der Waals surface area contributed by atoms with E-state index in [9.17, 15) is 0 Å². The molecule has 0 unspecified atom stereocenters. The van der Waals surface area contributed by atoms with Gasteiger partial charge in [-0.1, -0.05) is 13.3 Å². The summed E-state index contributed by atoms with van der Waals surface area (Å²) in [4.78, 5) is 4.40. The van der Waals surface area contributed by atoms with Gasteiger partial charge >= 0.3 is 0 Å². The molecule has 1 aliphatic heterocycles. The van der Waals surface area contributed by atoms with Gasteiger partial charge in [-0.15, -0.1) is 0 Å². The van der Waals surface area contributed by atoms with Crippen molar-refractivity contribution in [3.05, 3.63) is 11.8 Å². The minimum absolute atomic E-state index is 1.02. The molecule has 0 amide bonds. The average Bonchev–Trinajstić information content (AvgIpc) is 2.57. The summed E-state index contributed by atoms with van der Waals surface area (Å²) in [6, 6.07) is 0. The molecule has 0 saturated heterocycles. The highest BCUT2D eigenvalue weighted by atomic mass is 14.9. The summed E-state index contributed by atoms with van der Waals surface area (Å²) in [6.45, 7) is 6.44. The van der Waals surface area contributed by atoms with Crippen LogP contribution >= 0.6 is 0 Å². The molecule has 0 bridgehead atoms. The number of allylic oxidation sites excluding steroid dienone is 2. The van der Waals surface area contributed by atoms with E-state index in [1.165, 1.54) is 30.7 Å².